The van der Waals surface area contributed by atoms with Gasteiger partial charge in [-0.2, -0.15) is 0 Å². The molecule has 0 saturated heterocycles. The van der Waals surface area contributed by atoms with Gasteiger partial charge in [0.1, 0.15) is 0 Å². The van der Waals surface area contributed by atoms with Crippen molar-refractivity contribution in [2.24, 2.45) is 5.92 Å². The van der Waals surface area contributed by atoms with E-state index in [0.29, 0.717) is 6.42 Å². The molecule has 18 heavy (non-hydrogen) atoms. The summed E-state index contributed by atoms with van der Waals surface area (Å²) in [5.41, 5.74) is 0.757. The minimum absolute atomic E-state index is 0.0361. The summed E-state index contributed by atoms with van der Waals surface area (Å²) in [6, 6.07) is 4.86. The zero-order valence-corrected chi connectivity index (χ0v) is 10.8. The molecule has 0 fully saturated rings. The average molecular weight is 250 g/mol. The molecule has 0 aromatic carbocycles. The van der Waals surface area contributed by atoms with Crippen molar-refractivity contribution in [3.8, 4) is 0 Å². The van der Waals surface area contributed by atoms with Crippen LogP contribution in [0.5, 0.6) is 0 Å². The highest BCUT2D eigenvalue weighted by molar-refractivity contribution is 5.88. The quantitative estimate of drug-likeness (QED) is 0.861. The number of nitrogens with zero attached hydrogens (tertiary/aromatic N) is 1. The van der Waals surface area contributed by atoms with Crippen LogP contribution < -0.4 is 5.32 Å². The minimum Gasteiger partial charge on any atom is -0.453 e. The topological polar surface area (TPSA) is 68.3 Å². The van der Waals surface area contributed by atoms with Crippen LogP contribution in [0.15, 0.2) is 24.4 Å². The van der Waals surface area contributed by atoms with E-state index in [1.54, 1.807) is 26.1 Å². The van der Waals surface area contributed by atoms with Gasteiger partial charge < -0.3 is 10.1 Å². The number of carbonyl (C=O) groups excluding carboxylic acids is 2. The van der Waals surface area contributed by atoms with E-state index in [-0.39, 0.29) is 11.7 Å². The molecular formula is C13H18N2O3. The number of ether oxygens (including phenoxy) is 1. The third-order valence-corrected chi connectivity index (χ3v) is 2.53. The molecule has 0 aliphatic rings. The van der Waals surface area contributed by atoms with Gasteiger partial charge in [0.15, 0.2) is 5.78 Å². The highest BCUT2D eigenvalue weighted by atomic mass is 16.5. The maximum absolute atomic E-state index is 12.0. The third kappa shape index (κ3) is 4.16. The standard InChI is InChI=1S/C13H18N2O3/c1-9(2)12(16)11(15-13(17)18-3)8-10-6-4-5-7-14-10/h4-7,9,11H,8H2,1-3H3,(H,15,17)/t11-/m0/s1. The van der Waals surface area contributed by atoms with Crippen LogP contribution in [0.3, 0.4) is 0 Å². The SMILES string of the molecule is COC(=O)N[C@@H](Cc1ccccn1)C(=O)C(C)C. The Balaban J connectivity index is 2.77. The van der Waals surface area contributed by atoms with Crippen molar-refractivity contribution in [1.82, 2.24) is 10.3 Å². The van der Waals surface area contributed by atoms with Gasteiger partial charge in [0.25, 0.3) is 0 Å². The molecule has 0 aliphatic carbocycles. The monoisotopic (exact) mass is 250 g/mol. The average Bonchev–Trinajstić information content (AvgIpc) is 2.38. The normalized spacial score (nSPS) is 12.0. The predicted molar refractivity (Wildman–Crippen MR) is 67.1 cm³/mol. The summed E-state index contributed by atoms with van der Waals surface area (Å²) in [5.74, 6) is -0.193. The molecule has 1 N–H and O–H groups in total. The first-order chi connectivity index (χ1) is 8.54. The number of amides is 1. The fourth-order valence-corrected chi connectivity index (χ4v) is 1.55. The number of hydrogen-bond acceptors (Lipinski definition) is 4. The molecule has 0 radical (unpaired) electrons. The molecule has 0 saturated carbocycles. The molecule has 0 bridgehead atoms. The molecule has 0 aliphatic heterocycles. The number of alkyl carbamates (subject to hydrolysis) is 1. The Kier molecular flexibility index (Phi) is 5.30. The van der Waals surface area contributed by atoms with E-state index in [0.717, 1.165) is 5.69 Å². The molecule has 0 unspecified atom stereocenters. The van der Waals surface area contributed by atoms with Gasteiger partial charge in [-0.1, -0.05) is 19.9 Å². The predicted octanol–water partition coefficient (Wildman–Crippen LogP) is 1.57. The van der Waals surface area contributed by atoms with Crippen LogP contribution >= 0.6 is 0 Å². The van der Waals surface area contributed by atoms with E-state index in [1.165, 1.54) is 7.11 Å². The molecule has 98 valence electrons. The zero-order valence-electron chi connectivity index (χ0n) is 10.8. The molecule has 1 aromatic heterocycles. The summed E-state index contributed by atoms with van der Waals surface area (Å²) in [6.45, 7) is 3.60. The Hall–Kier alpha value is -1.91. The Labute approximate surface area is 107 Å². The van der Waals surface area contributed by atoms with Gasteiger partial charge in [-0.3, -0.25) is 9.78 Å². The second-order valence-corrected chi connectivity index (χ2v) is 4.27. The van der Waals surface area contributed by atoms with Gasteiger partial charge in [-0.25, -0.2) is 4.79 Å². The van der Waals surface area contributed by atoms with Gasteiger partial charge in [0.05, 0.1) is 13.2 Å². The highest BCUT2D eigenvalue weighted by Crippen LogP contribution is 2.06. The lowest BCUT2D eigenvalue weighted by Crippen LogP contribution is -2.44. The number of nitrogens with one attached hydrogen (secondary N) is 1. The molecule has 1 rings (SSSR count). The Morgan fingerprint density at radius 1 is 1.39 bits per heavy atom. The van der Waals surface area contributed by atoms with Crippen molar-refractivity contribution in [3.05, 3.63) is 30.1 Å². The van der Waals surface area contributed by atoms with Crippen molar-refractivity contribution in [1.29, 1.82) is 0 Å². The fraction of sp³-hybridized carbons (Fsp3) is 0.462. The first-order valence-corrected chi connectivity index (χ1v) is 5.82. The first kappa shape index (κ1) is 14.2. The third-order valence-electron chi connectivity index (χ3n) is 2.53. The number of aromatic nitrogens is 1. The van der Waals surface area contributed by atoms with Gasteiger partial charge in [0, 0.05) is 24.2 Å². The Morgan fingerprint density at radius 3 is 2.61 bits per heavy atom. The summed E-state index contributed by atoms with van der Waals surface area (Å²) in [7, 11) is 1.27. The number of methoxy groups -OCH3 is 1. The maximum atomic E-state index is 12.0. The molecule has 1 amide bonds. The Morgan fingerprint density at radius 2 is 2.11 bits per heavy atom. The van der Waals surface area contributed by atoms with Crippen LogP contribution in [0.4, 0.5) is 4.79 Å². The number of ketones is 1. The smallest absolute Gasteiger partial charge is 0.407 e. The van der Waals surface area contributed by atoms with E-state index >= 15 is 0 Å². The number of hydrogen-bond donors (Lipinski definition) is 1. The van der Waals surface area contributed by atoms with Crippen LogP contribution in [0.1, 0.15) is 19.5 Å². The Bertz CT molecular complexity index is 404. The van der Waals surface area contributed by atoms with Crippen LogP contribution in [0.25, 0.3) is 0 Å². The molecule has 5 nitrogen and oxygen atoms in total. The largest absolute Gasteiger partial charge is 0.453 e. The summed E-state index contributed by atoms with van der Waals surface area (Å²) in [4.78, 5) is 27.4. The minimum atomic E-state index is -0.607. The van der Waals surface area contributed by atoms with E-state index < -0.39 is 12.1 Å². The summed E-state index contributed by atoms with van der Waals surface area (Å²) in [6.07, 6.45) is 1.42. The van der Waals surface area contributed by atoms with Crippen molar-refractivity contribution >= 4 is 11.9 Å². The number of pyridine rings is 1. The second kappa shape index (κ2) is 6.74. The number of carbonyl (C=O) groups is 2. The van der Waals surface area contributed by atoms with E-state index in [1.807, 2.05) is 12.1 Å². The lowest BCUT2D eigenvalue weighted by atomic mass is 9.98. The highest BCUT2D eigenvalue weighted by Gasteiger charge is 2.24. The number of Topliss-reactive ketones (excluding diaryl/α,β-unsaturated/α-hetero) is 1. The van der Waals surface area contributed by atoms with Crippen molar-refractivity contribution in [2.75, 3.05) is 7.11 Å². The fourth-order valence-electron chi connectivity index (χ4n) is 1.55. The zero-order chi connectivity index (χ0) is 13.5. The van der Waals surface area contributed by atoms with Gasteiger partial charge in [0.2, 0.25) is 0 Å². The van der Waals surface area contributed by atoms with Crippen molar-refractivity contribution < 1.29 is 14.3 Å². The first-order valence-electron chi connectivity index (χ1n) is 5.82. The molecular weight excluding hydrogens is 232 g/mol. The van der Waals surface area contributed by atoms with Crippen LogP contribution in [-0.4, -0.2) is 30.0 Å². The van der Waals surface area contributed by atoms with E-state index in [4.69, 9.17) is 0 Å². The molecule has 1 atom stereocenters. The lowest BCUT2D eigenvalue weighted by molar-refractivity contribution is -0.123. The van der Waals surface area contributed by atoms with E-state index in [9.17, 15) is 9.59 Å². The summed E-state index contributed by atoms with van der Waals surface area (Å²) >= 11 is 0. The molecule has 5 heteroatoms. The van der Waals surface area contributed by atoms with Crippen molar-refractivity contribution in [2.45, 2.75) is 26.3 Å². The van der Waals surface area contributed by atoms with Gasteiger partial charge in [-0.15, -0.1) is 0 Å². The lowest BCUT2D eigenvalue weighted by Gasteiger charge is -2.18. The molecule has 0 spiro atoms. The van der Waals surface area contributed by atoms with Crippen LogP contribution in [-0.2, 0) is 16.0 Å². The second-order valence-electron chi connectivity index (χ2n) is 4.27. The molecule has 1 heterocycles. The van der Waals surface area contributed by atoms with Crippen LogP contribution in [0, 0.1) is 5.92 Å². The number of rotatable bonds is 5. The van der Waals surface area contributed by atoms with Crippen LogP contribution in [0.2, 0.25) is 0 Å². The molecule has 1 aromatic rings. The summed E-state index contributed by atoms with van der Waals surface area (Å²) < 4.78 is 4.53. The van der Waals surface area contributed by atoms with Gasteiger partial charge in [-0.05, 0) is 12.1 Å². The maximum Gasteiger partial charge on any atom is 0.407 e. The van der Waals surface area contributed by atoms with Crippen molar-refractivity contribution in [3.63, 3.8) is 0 Å². The van der Waals surface area contributed by atoms with Gasteiger partial charge >= 0.3 is 6.09 Å². The van der Waals surface area contributed by atoms with E-state index in [2.05, 4.69) is 15.0 Å². The summed E-state index contributed by atoms with van der Waals surface area (Å²) in [5, 5.41) is 2.55.